The Bertz CT molecular complexity index is 935. The molecule has 1 amide bonds. The molecule has 1 saturated carbocycles. The lowest BCUT2D eigenvalue weighted by Crippen LogP contribution is -2.23. The maximum Gasteiger partial charge on any atom is 0.278 e. The standard InChI is InChI=1S/C20H26N6O3S/c1-12(13-6-7-13)22-17-10-16(14(11-21-17)20(27)25-29-4)23-15-8-9-18(28-3)24-19(15)26(2)30-5/h8-11,13H,1,6-7H2,2-5H3,(H,25,27)(H2,21,22,23). The van der Waals surface area contributed by atoms with E-state index in [0.717, 1.165) is 18.5 Å². The zero-order valence-electron chi connectivity index (χ0n) is 17.5. The summed E-state index contributed by atoms with van der Waals surface area (Å²) in [5.74, 6) is 1.82. The monoisotopic (exact) mass is 430 g/mol. The lowest BCUT2D eigenvalue weighted by molar-refractivity contribution is 0.0538. The van der Waals surface area contributed by atoms with Crippen molar-refractivity contribution in [1.82, 2.24) is 15.4 Å². The van der Waals surface area contributed by atoms with Gasteiger partial charge in [0.2, 0.25) is 5.88 Å². The van der Waals surface area contributed by atoms with E-state index in [-0.39, 0.29) is 0 Å². The highest BCUT2D eigenvalue weighted by Gasteiger charge is 2.25. The van der Waals surface area contributed by atoms with Crippen LogP contribution in [0.3, 0.4) is 0 Å². The number of nitrogens with one attached hydrogen (secondary N) is 3. The third-order valence-electron chi connectivity index (χ3n) is 4.60. The van der Waals surface area contributed by atoms with E-state index in [1.807, 2.05) is 23.7 Å². The first-order valence-electron chi connectivity index (χ1n) is 9.35. The molecule has 1 fully saturated rings. The number of hydroxylamine groups is 1. The smallest absolute Gasteiger partial charge is 0.278 e. The van der Waals surface area contributed by atoms with E-state index >= 15 is 0 Å². The first-order chi connectivity index (χ1) is 14.5. The van der Waals surface area contributed by atoms with Crippen LogP contribution in [0.15, 0.2) is 36.7 Å². The van der Waals surface area contributed by atoms with Crippen LogP contribution in [0.25, 0.3) is 0 Å². The molecule has 1 aliphatic rings. The van der Waals surface area contributed by atoms with Crippen LogP contribution >= 0.6 is 11.9 Å². The Kier molecular flexibility index (Phi) is 7.01. The molecular weight excluding hydrogens is 404 g/mol. The minimum atomic E-state index is -0.415. The number of amides is 1. The van der Waals surface area contributed by atoms with Crippen LogP contribution in [0.4, 0.5) is 23.0 Å². The summed E-state index contributed by atoms with van der Waals surface area (Å²) in [4.78, 5) is 26.1. The summed E-state index contributed by atoms with van der Waals surface area (Å²) in [5.41, 5.74) is 4.85. The summed E-state index contributed by atoms with van der Waals surface area (Å²) in [6.07, 6.45) is 5.70. The fraction of sp³-hybridized carbons (Fsp3) is 0.350. The predicted molar refractivity (Wildman–Crippen MR) is 120 cm³/mol. The lowest BCUT2D eigenvalue weighted by atomic mass is 10.2. The number of pyridine rings is 2. The third-order valence-corrected chi connectivity index (χ3v) is 5.32. The molecule has 2 aromatic heterocycles. The van der Waals surface area contributed by atoms with Crippen molar-refractivity contribution >= 4 is 40.9 Å². The van der Waals surface area contributed by atoms with Crippen LogP contribution in [-0.2, 0) is 4.84 Å². The number of methoxy groups -OCH3 is 1. The first kappa shape index (κ1) is 21.7. The van der Waals surface area contributed by atoms with Gasteiger partial charge in [-0.15, -0.1) is 0 Å². The molecule has 0 aromatic carbocycles. The van der Waals surface area contributed by atoms with Gasteiger partial charge < -0.3 is 19.7 Å². The zero-order valence-corrected chi connectivity index (χ0v) is 18.3. The second-order valence-electron chi connectivity index (χ2n) is 6.70. The predicted octanol–water partition coefficient (Wildman–Crippen LogP) is 3.57. The maximum atomic E-state index is 12.5. The summed E-state index contributed by atoms with van der Waals surface area (Å²) in [5, 5.41) is 6.54. The van der Waals surface area contributed by atoms with Crippen molar-refractivity contribution < 1.29 is 14.4 Å². The van der Waals surface area contributed by atoms with E-state index < -0.39 is 5.91 Å². The largest absolute Gasteiger partial charge is 0.481 e. The fourth-order valence-electron chi connectivity index (χ4n) is 2.77. The molecule has 3 rings (SSSR count). The zero-order chi connectivity index (χ0) is 21.7. The van der Waals surface area contributed by atoms with Gasteiger partial charge in [0.15, 0.2) is 5.82 Å². The molecule has 0 bridgehead atoms. The topological polar surface area (TPSA) is 101 Å². The number of ether oxygens (including phenoxy) is 1. The van der Waals surface area contributed by atoms with Crippen LogP contribution in [0.5, 0.6) is 5.88 Å². The van der Waals surface area contributed by atoms with Gasteiger partial charge in [0.25, 0.3) is 5.91 Å². The second kappa shape index (κ2) is 9.68. The average Bonchev–Trinajstić information content (AvgIpc) is 3.59. The Labute approximate surface area is 180 Å². The molecule has 30 heavy (non-hydrogen) atoms. The molecule has 10 heteroatoms. The molecule has 160 valence electrons. The van der Waals surface area contributed by atoms with Crippen molar-refractivity contribution in [3.63, 3.8) is 0 Å². The molecule has 0 unspecified atom stereocenters. The Morgan fingerprint density at radius 3 is 2.70 bits per heavy atom. The number of hydrogen-bond acceptors (Lipinski definition) is 9. The minimum Gasteiger partial charge on any atom is -0.481 e. The van der Waals surface area contributed by atoms with Gasteiger partial charge >= 0.3 is 0 Å². The van der Waals surface area contributed by atoms with E-state index in [1.165, 1.54) is 25.3 Å². The van der Waals surface area contributed by atoms with Crippen molar-refractivity contribution in [3.8, 4) is 5.88 Å². The molecule has 0 saturated heterocycles. The van der Waals surface area contributed by atoms with E-state index in [0.29, 0.717) is 40.4 Å². The molecule has 1 aliphatic carbocycles. The molecule has 3 N–H and O–H groups in total. The number of rotatable bonds is 10. The van der Waals surface area contributed by atoms with Crippen LogP contribution in [0.2, 0.25) is 0 Å². The Balaban J connectivity index is 1.97. The molecule has 0 radical (unpaired) electrons. The number of anilines is 4. The maximum absolute atomic E-state index is 12.5. The SMILES string of the molecule is C=C(Nc1cc(Nc2ccc(OC)nc2N(C)SC)c(C(=O)NOC)cn1)C1CC1. The van der Waals surface area contributed by atoms with Gasteiger partial charge in [-0.05, 0) is 24.8 Å². The highest BCUT2D eigenvalue weighted by atomic mass is 32.2. The van der Waals surface area contributed by atoms with Gasteiger partial charge in [0.05, 0.1) is 31.2 Å². The van der Waals surface area contributed by atoms with Crippen LogP contribution in [0, 0.1) is 5.92 Å². The summed E-state index contributed by atoms with van der Waals surface area (Å²) >= 11 is 1.50. The van der Waals surface area contributed by atoms with Crippen molar-refractivity contribution in [2.45, 2.75) is 12.8 Å². The van der Waals surface area contributed by atoms with E-state index in [4.69, 9.17) is 9.57 Å². The number of allylic oxidation sites excluding steroid dienone is 1. The normalized spacial score (nSPS) is 12.8. The Hall–Kier alpha value is -2.98. The van der Waals surface area contributed by atoms with Crippen LogP contribution < -0.4 is 25.2 Å². The molecule has 2 aromatic rings. The number of hydrogen-bond donors (Lipinski definition) is 3. The molecule has 2 heterocycles. The van der Waals surface area contributed by atoms with E-state index in [9.17, 15) is 4.79 Å². The number of nitrogens with zero attached hydrogens (tertiary/aromatic N) is 3. The van der Waals surface area contributed by atoms with Gasteiger partial charge in [0.1, 0.15) is 5.82 Å². The van der Waals surface area contributed by atoms with Crippen LogP contribution in [-0.4, -0.2) is 43.4 Å². The van der Waals surface area contributed by atoms with E-state index in [2.05, 4.69) is 32.7 Å². The van der Waals surface area contributed by atoms with Gasteiger partial charge in [-0.25, -0.2) is 10.5 Å². The molecular formula is C20H26N6O3S. The number of carbonyl (C=O) groups is 1. The van der Waals surface area contributed by atoms with Gasteiger partial charge in [0, 0.05) is 37.3 Å². The molecule has 0 aliphatic heterocycles. The Morgan fingerprint density at radius 2 is 2.07 bits per heavy atom. The third kappa shape index (κ3) is 5.14. The van der Waals surface area contributed by atoms with Crippen LogP contribution in [0.1, 0.15) is 23.2 Å². The number of carbonyl (C=O) groups excluding carboxylic acids is 1. The molecule has 0 spiro atoms. The quantitative estimate of drug-likeness (QED) is 0.386. The fourth-order valence-corrected chi connectivity index (χ4v) is 3.08. The van der Waals surface area contributed by atoms with Gasteiger partial charge in [-0.3, -0.25) is 9.63 Å². The van der Waals surface area contributed by atoms with Gasteiger partial charge in [-0.1, -0.05) is 18.5 Å². The van der Waals surface area contributed by atoms with E-state index in [1.54, 1.807) is 19.2 Å². The molecule has 9 nitrogen and oxygen atoms in total. The first-order valence-corrected chi connectivity index (χ1v) is 10.5. The lowest BCUT2D eigenvalue weighted by Gasteiger charge is -2.21. The average molecular weight is 431 g/mol. The van der Waals surface area contributed by atoms with Crippen molar-refractivity contribution in [1.29, 1.82) is 0 Å². The summed E-state index contributed by atoms with van der Waals surface area (Å²) in [6, 6.07) is 5.37. The van der Waals surface area contributed by atoms with Crippen molar-refractivity contribution in [3.05, 3.63) is 42.2 Å². The minimum absolute atomic E-state index is 0.327. The second-order valence-corrected chi connectivity index (χ2v) is 7.62. The van der Waals surface area contributed by atoms with Crippen molar-refractivity contribution in [2.75, 3.05) is 42.5 Å². The summed E-state index contributed by atoms with van der Waals surface area (Å²) < 4.78 is 7.15. The number of aromatic nitrogens is 2. The highest BCUT2D eigenvalue weighted by Crippen LogP contribution is 2.36. The molecule has 0 atom stereocenters. The summed E-state index contributed by atoms with van der Waals surface area (Å²) in [6.45, 7) is 4.08. The van der Waals surface area contributed by atoms with Crippen molar-refractivity contribution in [2.24, 2.45) is 5.92 Å². The Morgan fingerprint density at radius 1 is 1.30 bits per heavy atom. The highest BCUT2D eigenvalue weighted by molar-refractivity contribution is 7.99. The summed E-state index contributed by atoms with van der Waals surface area (Å²) in [7, 11) is 4.85. The van der Waals surface area contributed by atoms with Gasteiger partial charge in [-0.2, -0.15) is 4.98 Å².